The second-order valence-corrected chi connectivity index (χ2v) is 11.1. The van der Waals surface area contributed by atoms with E-state index in [9.17, 15) is 17.6 Å². The Bertz CT molecular complexity index is 1590. The first-order chi connectivity index (χ1) is 16.7. The minimum Gasteiger partial charge on any atom is -0.284 e. The molecule has 5 rings (SSSR count). The molecule has 3 aromatic carbocycles. The molecule has 0 radical (unpaired) electrons. The number of fused-ring (bicyclic) bond motifs is 1. The van der Waals surface area contributed by atoms with E-state index < -0.39 is 38.4 Å². The number of rotatable bonds is 4. The van der Waals surface area contributed by atoms with Gasteiger partial charge in [0.2, 0.25) is 0 Å². The predicted molar refractivity (Wildman–Crippen MR) is 136 cm³/mol. The monoisotopic (exact) mass is 548 g/mol. The largest absolute Gasteiger partial charge is 0.284 e. The molecular weight excluding hydrogens is 534 g/mol. The standard InChI is InChI=1S/C25H16Cl3FN2O3S/c26-17-8-4-15(5-9-17)24-25(16-6-10-18(27)11-7-16)31(22-2-1-3-23(32)30(22)24)35(33,34)21-13-12-19(28)14-20(21)29/h1-14,24-25H/t24-,25+/m1/s1. The SMILES string of the molecule is O=c1cccc2n1[C@H](c1ccc(Cl)cc1)[C@H](c1ccc(Cl)cc1)N2S(=O)(=O)c1ccc(Cl)cc1F. The summed E-state index contributed by atoms with van der Waals surface area (Å²) in [5.74, 6) is -0.890. The average molecular weight is 550 g/mol. The van der Waals surface area contributed by atoms with E-state index in [-0.39, 0.29) is 10.8 Å². The number of hydrogen-bond acceptors (Lipinski definition) is 3. The topological polar surface area (TPSA) is 59.4 Å². The third-order valence-electron chi connectivity index (χ3n) is 5.88. The van der Waals surface area contributed by atoms with Gasteiger partial charge in [-0.2, -0.15) is 0 Å². The first kappa shape index (κ1) is 23.9. The number of hydrogen-bond donors (Lipinski definition) is 0. The van der Waals surface area contributed by atoms with Gasteiger partial charge in [-0.25, -0.2) is 17.1 Å². The third kappa shape index (κ3) is 4.12. The van der Waals surface area contributed by atoms with Crippen molar-refractivity contribution in [2.24, 2.45) is 0 Å². The van der Waals surface area contributed by atoms with Crippen LogP contribution in [-0.2, 0) is 10.0 Å². The molecule has 1 aliphatic rings. The summed E-state index contributed by atoms with van der Waals surface area (Å²) in [5.41, 5.74) is 0.810. The summed E-state index contributed by atoms with van der Waals surface area (Å²) < 4.78 is 45.4. The molecule has 178 valence electrons. The van der Waals surface area contributed by atoms with E-state index in [1.807, 2.05) is 0 Å². The van der Waals surface area contributed by atoms with Crippen LogP contribution in [0.1, 0.15) is 23.2 Å². The maximum atomic E-state index is 14.9. The van der Waals surface area contributed by atoms with Gasteiger partial charge in [-0.3, -0.25) is 9.36 Å². The molecule has 0 aliphatic carbocycles. The van der Waals surface area contributed by atoms with Crippen molar-refractivity contribution in [2.45, 2.75) is 17.0 Å². The number of pyridine rings is 1. The van der Waals surface area contributed by atoms with Crippen molar-refractivity contribution in [3.8, 4) is 0 Å². The average Bonchev–Trinajstić information content (AvgIpc) is 3.17. The maximum absolute atomic E-state index is 14.9. The van der Waals surface area contributed by atoms with Crippen molar-refractivity contribution in [2.75, 3.05) is 4.31 Å². The van der Waals surface area contributed by atoms with Gasteiger partial charge in [0.05, 0.1) is 12.1 Å². The second kappa shape index (κ2) is 8.99. The molecule has 0 saturated heterocycles. The van der Waals surface area contributed by atoms with Crippen LogP contribution in [0.3, 0.4) is 0 Å². The van der Waals surface area contributed by atoms with E-state index in [2.05, 4.69) is 0 Å². The Hall–Kier alpha value is -2.84. The molecule has 0 amide bonds. The fourth-order valence-corrected chi connectivity index (χ4v) is 6.49. The van der Waals surface area contributed by atoms with Gasteiger partial charge in [0.15, 0.2) is 0 Å². The number of aromatic nitrogens is 1. The summed E-state index contributed by atoms with van der Waals surface area (Å²) in [4.78, 5) is 12.6. The summed E-state index contributed by atoms with van der Waals surface area (Å²) in [6.07, 6.45) is 0. The minimum absolute atomic E-state index is 0.0628. The van der Waals surface area contributed by atoms with E-state index in [0.717, 1.165) is 16.4 Å². The number of nitrogens with zero attached hydrogens (tertiary/aromatic N) is 2. The van der Waals surface area contributed by atoms with E-state index in [1.165, 1.54) is 28.8 Å². The van der Waals surface area contributed by atoms with Gasteiger partial charge in [-0.05, 0) is 59.7 Å². The van der Waals surface area contributed by atoms with Gasteiger partial charge in [0, 0.05) is 21.1 Å². The number of anilines is 1. The molecule has 0 fully saturated rings. The maximum Gasteiger partial charge on any atom is 0.269 e. The van der Waals surface area contributed by atoms with E-state index in [4.69, 9.17) is 34.8 Å². The highest BCUT2D eigenvalue weighted by atomic mass is 35.5. The van der Waals surface area contributed by atoms with Gasteiger partial charge in [-0.1, -0.05) is 65.1 Å². The molecule has 4 aromatic rings. The highest BCUT2D eigenvalue weighted by molar-refractivity contribution is 7.92. The Labute approximate surface area is 216 Å². The van der Waals surface area contributed by atoms with Gasteiger partial charge >= 0.3 is 0 Å². The van der Waals surface area contributed by atoms with Crippen LogP contribution >= 0.6 is 34.8 Å². The summed E-state index contributed by atoms with van der Waals surface area (Å²) >= 11 is 18.1. The minimum atomic E-state index is -4.49. The van der Waals surface area contributed by atoms with E-state index in [0.29, 0.717) is 21.2 Å². The molecule has 2 heterocycles. The zero-order valence-electron chi connectivity index (χ0n) is 17.8. The summed E-state index contributed by atoms with van der Waals surface area (Å²) in [7, 11) is -4.49. The van der Waals surface area contributed by atoms with Crippen molar-refractivity contribution in [3.63, 3.8) is 0 Å². The van der Waals surface area contributed by atoms with Crippen LogP contribution in [0.25, 0.3) is 0 Å². The fraction of sp³-hybridized carbons (Fsp3) is 0.0800. The zero-order valence-corrected chi connectivity index (χ0v) is 20.9. The van der Waals surface area contributed by atoms with Crippen molar-refractivity contribution >= 4 is 50.6 Å². The summed E-state index contributed by atoms with van der Waals surface area (Å²) in [5, 5.41) is 1.01. The molecule has 2 atom stereocenters. The molecule has 1 aromatic heterocycles. The molecule has 0 saturated carbocycles. The third-order valence-corrected chi connectivity index (χ3v) is 8.44. The van der Waals surface area contributed by atoms with Crippen LogP contribution in [0, 0.1) is 5.82 Å². The quantitative estimate of drug-likeness (QED) is 0.292. The lowest BCUT2D eigenvalue weighted by Gasteiger charge is -2.29. The fourth-order valence-electron chi connectivity index (χ4n) is 4.39. The number of halogens is 4. The Morgan fingerprint density at radius 2 is 1.26 bits per heavy atom. The molecule has 0 N–H and O–H groups in total. The van der Waals surface area contributed by atoms with Gasteiger partial charge < -0.3 is 0 Å². The summed E-state index contributed by atoms with van der Waals surface area (Å²) in [6.45, 7) is 0. The molecule has 0 bridgehead atoms. The Morgan fingerprint density at radius 3 is 1.83 bits per heavy atom. The first-order valence-corrected chi connectivity index (χ1v) is 13.0. The lowest BCUT2D eigenvalue weighted by molar-refractivity contribution is 0.525. The lowest BCUT2D eigenvalue weighted by Crippen LogP contribution is -2.34. The molecule has 35 heavy (non-hydrogen) atoms. The second-order valence-electron chi connectivity index (χ2n) is 7.96. The van der Waals surface area contributed by atoms with Crippen LogP contribution in [0.2, 0.25) is 15.1 Å². The molecule has 0 unspecified atom stereocenters. The zero-order chi connectivity index (χ0) is 24.9. The van der Waals surface area contributed by atoms with Crippen molar-refractivity contribution in [1.29, 1.82) is 0 Å². The van der Waals surface area contributed by atoms with Crippen molar-refractivity contribution in [3.05, 3.63) is 127 Å². The van der Waals surface area contributed by atoms with Crippen molar-refractivity contribution < 1.29 is 12.8 Å². The smallest absolute Gasteiger partial charge is 0.269 e. The van der Waals surface area contributed by atoms with Crippen molar-refractivity contribution in [1.82, 2.24) is 4.57 Å². The van der Waals surface area contributed by atoms with Crippen LogP contribution < -0.4 is 9.86 Å². The van der Waals surface area contributed by atoms with Crippen LogP contribution in [0.4, 0.5) is 10.2 Å². The Kier molecular flexibility index (Phi) is 6.13. The molecular formula is C25H16Cl3FN2O3S. The van der Waals surface area contributed by atoms with Gasteiger partial charge in [-0.15, -0.1) is 0 Å². The van der Waals surface area contributed by atoms with E-state index >= 15 is 0 Å². The van der Waals surface area contributed by atoms with Crippen LogP contribution in [-0.4, -0.2) is 13.0 Å². The number of benzene rings is 3. The molecule has 0 spiro atoms. The van der Waals surface area contributed by atoms with Crippen LogP contribution in [0.5, 0.6) is 0 Å². The lowest BCUT2D eigenvalue weighted by atomic mass is 9.94. The van der Waals surface area contributed by atoms with E-state index in [1.54, 1.807) is 48.5 Å². The van der Waals surface area contributed by atoms with Crippen LogP contribution in [0.15, 0.2) is 94.6 Å². The Morgan fingerprint density at radius 1 is 0.714 bits per heavy atom. The Balaban J connectivity index is 1.82. The van der Waals surface area contributed by atoms with Gasteiger partial charge in [0.25, 0.3) is 15.6 Å². The molecule has 10 heteroatoms. The van der Waals surface area contributed by atoms with Gasteiger partial charge in [0.1, 0.15) is 16.5 Å². The molecule has 5 nitrogen and oxygen atoms in total. The predicted octanol–water partition coefficient (Wildman–Crippen LogP) is 6.49. The molecule has 1 aliphatic heterocycles. The number of sulfonamides is 1. The summed E-state index contributed by atoms with van der Waals surface area (Å²) in [6, 6.07) is 19.5. The highest BCUT2D eigenvalue weighted by Gasteiger charge is 2.47. The highest BCUT2D eigenvalue weighted by Crippen LogP contribution is 2.49. The first-order valence-electron chi connectivity index (χ1n) is 10.4. The normalized spacial score (nSPS) is 17.4.